The Bertz CT molecular complexity index is 393. The van der Waals surface area contributed by atoms with Gasteiger partial charge in [-0.3, -0.25) is 4.98 Å². The highest BCUT2D eigenvalue weighted by Gasteiger charge is 2.51. The van der Waals surface area contributed by atoms with Crippen molar-refractivity contribution in [2.45, 2.75) is 45.4 Å². The van der Waals surface area contributed by atoms with Crippen LogP contribution in [0.25, 0.3) is 0 Å². The molecule has 1 fully saturated rings. The molecule has 2 N–H and O–H groups in total. The monoisotopic (exact) mass is 270 g/mol. The van der Waals surface area contributed by atoms with E-state index in [0.717, 1.165) is 11.2 Å². The fourth-order valence-electron chi connectivity index (χ4n) is 1.68. The van der Waals surface area contributed by atoms with Crippen LogP contribution in [-0.4, -0.2) is 23.3 Å². The minimum atomic E-state index is -0.348. The first-order valence-corrected chi connectivity index (χ1v) is 5.86. The molecule has 0 spiro atoms. The smallest absolute Gasteiger partial charge is 0.399 e. The highest BCUT2D eigenvalue weighted by Crippen LogP contribution is 2.36. The lowest BCUT2D eigenvalue weighted by molar-refractivity contribution is 0.00578. The van der Waals surface area contributed by atoms with Gasteiger partial charge in [-0.1, -0.05) is 6.07 Å². The van der Waals surface area contributed by atoms with Crippen LogP contribution in [0.1, 0.15) is 33.4 Å². The normalized spacial score (nSPS) is 20.6. The van der Waals surface area contributed by atoms with E-state index in [-0.39, 0.29) is 30.7 Å². The third-order valence-electron chi connectivity index (χ3n) is 3.58. The van der Waals surface area contributed by atoms with E-state index in [1.165, 1.54) is 0 Å². The summed E-state index contributed by atoms with van der Waals surface area (Å²) < 4.78 is 11.9. The molecule has 2 heterocycles. The zero-order chi connectivity index (χ0) is 12.7. The van der Waals surface area contributed by atoms with E-state index >= 15 is 0 Å². The van der Waals surface area contributed by atoms with Crippen molar-refractivity contribution in [2.75, 3.05) is 0 Å². The third-order valence-corrected chi connectivity index (χ3v) is 3.58. The van der Waals surface area contributed by atoms with Crippen molar-refractivity contribution in [1.82, 2.24) is 4.98 Å². The Balaban J connectivity index is 0.00000162. The quantitative estimate of drug-likeness (QED) is 0.822. The van der Waals surface area contributed by atoms with Crippen LogP contribution in [0.4, 0.5) is 0 Å². The van der Waals surface area contributed by atoms with E-state index < -0.39 is 0 Å². The molecule has 0 aromatic carbocycles. The molecule has 0 radical (unpaired) electrons. The molecule has 0 amide bonds. The summed E-state index contributed by atoms with van der Waals surface area (Å²) in [6.07, 6.45) is 1.77. The molecule has 100 valence electrons. The highest BCUT2D eigenvalue weighted by molar-refractivity contribution is 6.62. The summed E-state index contributed by atoms with van der Waals surface area (Å²) in [5, 5.41) is 0. The van der Waals surface area contributed by atoms with Gasteiger partial charge in [0.25, 0.3) is 0 Å². The number of pyridine rings is 1. The van der Waals surface area contributed by atoms with Crippen LogP contribution in [0.3, 0.4) is 0 Å². The molecule has 0 unspecified atom stereocenters. The zero-order valence-corrected chi connectivity index (χ0v) is 12.1. The molecule has 1 aromatic heterocycles. The molecule has 1 aromatic rings. The fourth-order valence-corrected chi connectivity index (χ4v) is 1.68. The van der Waals surface area contributed by atoms with E-state index in [0.29, 0.717) is 6.54 Å². The summed E-state index contributed by atoms with van der Waals surface area (Å²) in [6.45, 7) is 8.59. The first kappa shape index (κ1) is 15.4. The average Bonchev–Trinajstić information content (AvgIpc) is 2.48. The molecule has 1 aliphatic rings. The Kier molecular flexibility index (Phi) is 4.44. The van der Waals surface area contributed by atoms with Crippen LogP contribution in [0.2, 0.25) is 0 Å². The molecule has 0 atom stereocenters. The summed E-state index contributed by atoms with van der Waals surface area (Å²) in [5.74, 6) is 0. The number of aromatic nitrogens is 1. The maximum absolute atomic E-state index is 5.93. The second-order valence-corrected chi connectivity index (χ2v) is 5.38. The lowest BCUT2D eigenvalue weighted by Gasteiger charge is -2.32. The van der Waals surface area contributed by atoms with Gasteiger partial charge in [-0.15, -0.1) is 12.4 Å². The minimum absolute atomic E-state index is 0. The molecule has 1 aliphatic heterocycles. The molecule has 4 nitrogen and oxygen atoms in total. The van der Waals surface area contributed by atoms with E-state index in [9.17, 15) is 0 Å². The number of nitrogens with zero attached hydrogens (tertiary/aromatic N) is 1. The van der Waals surface area contributed by atoms with Gasteiger partial charge in [0, 0.05) is 18.2 Å². The van der Waals surface area contributed by atoms with Gasteiger partial charge in [0.1, 0.15) is 0 Å². The van der Waals surface area contributed by atoms with E-state index in [2.05, 4.69) is 4.98 Å². The topological polar surface area (TPSA) is 57.4 Å². The first-order chi connectivity index (χ1) is 7.86. The SMILES string of the molecule is CC1(C)OB(c2ccc(CN)nc2)OC1(C)C.Cl. The van der Waals surface area contributed by atoms with Gasteiger partial charge in [-0.05, 0) is 33.8 Å². The summed E-state index contributed by atoms with van der Waals surface area (Å²) in [6, 6.07) is 3.86. The van der Waals surface area contributed by atoms with Gasteiger partial charge in [-0.2, -0.15) is 0 Å². The molecule has 2 rings (SSSR count). The average molecular weight is 271 g/mol. The summed E-state index contributed by atoms with van der Waals surface area (Å²) >= 11 is 0. The second-order valence-electron chi connectivity index (χ2n) is 5.38. The van der Waals surface area contributed by atoms with Gasteiger partial charge in [0.15, 0.2) is 0 Å². The van der Waals surface area contributed by atoms with Crippen LogP contribution < -0.4 is 11.2 Å². The predicted octanol–water partition coefficient (Wildman–Crippen LogP) is 1.26. The van der Waals surface area contributed by atoms with Crippen molar-refractivity contribution in [2.24, 2.45) is 5.73 Å². The zero-order valence-electron chi connectivity index (χ0n) is 11.3. The number of hydrogen-bond donors (Lipinski definition) is 1. The third kappa shape index (κ3) is 2.69. The van der Waals surface area contributed by atoms with Gasteiger partial charge in [0.05, 0.1) is 16.9 Å². The van der Waals surface area contributed by atoms with Crippen molar-refractivity contribution in [3.8, 4) is 0 Å². The van der Waals surface area contributed by atoms with Crippen molar-refractivity contribution < 1.29 is 9.31 Å². The molecule has 18 heavy (non-hydrogen) atoms. The Morgan fingerprint density at radius 2 is 1.72 bits per heavy atom. The van der Waals surface area contributed by atoms with E-state index in [4.69, 9.17) is 15.0 Å². The Morgan fingerprint density at radius 1 is 1.17 bits per heavy atom. The minimum Gasteiger partial charge on any atom is -0.399 e. The molecule has 0 bridgehead atoms. The molecular formula is C12H20BClN2O2. The number of rotatable bonds is 2. The largest absolute Gasteiger partial charge is 0.496 e. The number of nitrogens with two attached hydrogens (primary N) is 1. The summed E-state index contributed by atoms with van der Waals surface area (Å²) in [5.41, 5.74) is 6.68. The fraction of sp³-hybridized carbons (Fsp3) is 0.583. The Morgan fingerprint density at radius 3 is 2.11 bits per heavy atom. The van der Waals surface area contributed by atoms with Crippen molar-refractivity contribution in [3.63, 3.8) is 0 Å². The Labute approximate surface area is 115 Å². The van der Waals surface area contributed by atoms with Crippen molar-refractivity contribution in [3.05, 3.63) is 24.0 Å². The van der Waals surface area contributed by atoms with Crippen molar-refractivity contribution in [1.29, 1.82) is 0 Å². The van der Waals surface area contributed by atoms with Crippen LogP contribution in [0.5, 0.6) is 0 Å². The summed E-state index contributed by atoms with van der Waals surface area (Å²) in [4.78, 5) is 4.25. The first-order valence-electron chi connectivity index (χ1n) is 5.86. The van der Waals surface area contributed by atoms with Crippen LogP contribution >= 0.6 is 12.4 Å². The maximum atomic E-state index is 5.93. The predicted molar refractivity (Wildman–Crippen MR) is 75.1 cm³/mol. The molecular weight excluding hydrogens is 250 g/mol. The van der Waals surface area contributed by atoms with Gasteiger partial charge >= 0.3 is 7.12 Å². The highest BCUT2D eigenvalue weighted by atomic mass is 35.5. The molecule has 1 saturated heterocycles. The Hall–Kier alpha value is -0.615. The number of hydrogen-bond acceptors (Lipinski definition) is 4. The number of halogens is 1. The second kappa shape index (κ2) is 5.17. The van der Waals surface area contributed by atoms with E-state index in [1.807, 2.05) is 39.8 Å². The standard InChI is InChI=1S/C12H19BN2O2.ClH/c1-11(2)12(3,4)17-13(16-11)9-5-6-10(7-14)15-8-9;/h5-6,8H,7,14H2,1-4H3;1H. The maximum Gasteiger partial charge on any atom is 0.496 e. The van der Waals surface area contributed by atoms with Gasteiger partial charge in [-0.25, -0.2) is 0 Å². The molecule has 0 aliphatic carbocycles. The lowest BCUT2D eigenvalue weighted by atomic mass is 9.80. The van der Waals surface area contributed by atoms with Gasteiger partial charge in [0.2, 0.25) is 0 Å². The molecule has 6 heteroatoms. The van der Waals surface area contributed by atoms with Crippen LogP contribution in [0.15, 0.2) is 18.3 Å². The van der Waals surface area contributed by atoms with Crippen molar-refractivity contribution >= 4 is 25.0 Å². The summed E-state index contributed by atoms with van der Waals surface area (Å²) in [7, 11) is -0.348. The van der Waals surface area contributed by atoms with E-state index in [1.54, 1.807) is 6.20 Å². The van der Waals surface area contributed by atoms with Crippen LogP contribution in [-0.2, 0) is 15.9 Å². The van der Waals surface area contributed by atoms with Crippen LogP contribution in [0, 0.1) is 0 Å². The lowest BCUT2D eigenvalue weighted by Crippen LogP contribution is -2.41. The van der Waals surface area contributed by atoms with Gasteiger partial charge < -0.3 is 15.0 Å². The molecule has 0 saturated carbocycles.